The maximum Gasteiger partial charge on any atom is 0.257 e. The number of nitrogens with zero attached hydrogens (tertiary/aromatic N) is 3. The fourth-order valence-corrected chi connectivity index (χ4v) is 2.36. The van der Waals surface area contributed by atoms with Gasteiger partial charge in [-0.2, -0.15) is 5.10 Å². The highest BCUT2D eigenvalue weighted by Gasteiger charge is 2.21. The van der Waals surface area contributed by atoms with Crippen molar-refractivity contribution in [2.75, 3.05) is 18.4 Å². The van der Waals surface area contributed by atoms with Crippen molar-refractivity contribution < 1.29 is 4.79 Å². The molecule has 0 aliphatic carbocycles. The molecule has 5 heteroatoms. The van der Waals surface area contributed by atoms with E-state index in [4.69, 9.17) is 0 Å². The van der Waals surface area contributed by atoms with Crippen molar-refractivity contribution in [2.24, 2.45) is 7.05 Å². The third-order valence-corrected chi connectivity index (χ3v) is 3.21. The van der Waals surface area contributed by atoms with Crippen molar-refractivity contribution >= 4 is 21.8 Å². The molecule has 0 bridgehead atoms. The van der Waals surface area contributed by atoms with Gasteiger partial charge >= 0.3 is 0 Å². The van der Waals surface area contributed by atoms with Crippen LogP contribution in [0.5, 0.6) is 0 Å². The van der Waals surface area contributed by atoms with Gasteiger partial charge < -0.3 is 4.90 Å². The largest absolute Gasteiger partial charge is 0.338 e. The molecule has 1 heterocycles. The standard InChI is InChI=1S/C12H20BrN3O/c1-5-7-16(8-6-13)12(17)11-9(2)14-15(4)10(11)3/h5-8H2,1-4H3. The molecule has 0 saturated carbocycles. The molecule has 0 aliphatic heterocycles. The molecule has 0 N–H and O–H groups in total. The van der Waals surface area contributed by atoms with Gasteiger partial charge in [0.25, 0.3) is 5.91 Å². The predicted octanol–water partition coefficient (Wildman–Crippen LogP) is 2.28. The molecule has 1 rings (SSSR count). The van der Waals surface area contributed by atoms with E-state index < -0.39 is 0 Å². The van der Waals surface area contributed by atoms with Crippen LogP contribution < -0.4 is 0 Å². The Balaban J connectivity index is 3.00. The number of aryl methyl sites for hydroxylation is 2. The van der Waals surface area contributed by atoms with Gasteiger partial charge in [-0.15, -0.1) is 0 Å². The summed E-state index contributed by atoms with van der Waals surface area (Å²) in [5.74, 6) is 0.0920. The molecule has 0 atom stereocenters. The van der Waals surface area contributed by atoms with E-state index in [1.54, 1.807) is 4.68 Å². The normalized spacial score (nSPS) is 10.6. The van der Waals surface area contributed by atoms with Gasteiger partial charge in [0.1, 0.15) is 0 Å². The van der Waals surface area contributed by atoms with Crippen LogP contribution in [0.1, 0.15) is 35.1 Å². The summed E-state index contributed by atoms with van der Waals surface area (Å²) < 4.78 is 1.76. The van der Waals surface area contributed by atoms with Crippen LogP contribution in [-0.4, -0.2) is 39.0 Å². The molecule has 0 aliphatic rings. The van der Waals surface area contributed by atoms with Gasteiger partial charge in [-0.05, 0) is 20.3 Å². The Hall–Kier alpha value is -0.840. The number of amides is 1. The maximum absolute atomic E-state index is 12.4. The summed E-state index contributed by atoms with van der Waals surface area (Å²) in [7, 11) is 1.87. The highest BCUT2D eigenvalue weighted by Crippen LogP contribution is 2.15. The van der Waals surface area contributed by atoms with E-state index >= 15 is 0 Å². The van der Waals surface area contributed by atoms with Crippen LogP contribution in [0, 0.1) is 13.8 Å². The minimum Gasteiger partial charge on any atom is -0.338 e. The van der Waals surface area contributed by atoms with Crippen LogP contribution >= 0.6 is 15.9 Å². The van der Waals surface area contributed by atoms with Gasteiger partial charge in [-0.25, -0.2) is 0 Å². The Morgan fingerprint density at radius 3 is 2.47 bits per heavy atom. The molecule has 1 amide bonds. The Labute approximate surface area is 111 Å². The lowest BCUT2D eigenvalue weighted by Crippen LogP contribution is -2.34. The molecule has 0 unspecified atom stereocenters. The lowest BCUT2D eigenvalue weighted by Gasteiger charge is -2.21. The van der Waals surface area contributed by atoms with Crippen molar-refractivity contribution in [3.8, 4) is 0 Å². The van der Waals surface area contributed by atoms with Crippen LogP contribution in [0.2, 0.25) is 0 Å². The second-order valence-corrected chi connectivity index (χ2v) is 4.94. The second kappa shape index (κ2) is 6.19. The highest BCUT2D eigenvalue weighted by atomic mass is 79.9. The zero-order valence-electron chi connectivity index (χ0n) is 11.0. The predicted molar refractivity (Wildman–Crippen MR) is 72.7 cm³/mol. The lowest BCUT2D eigenvalue weighted by atomic mass is 10.1. The van der Waals surface area contributed by atoms with E-state index in [2.05, 4.69) is 28.0 Å². The van der Waals surface area contributed by atoms with Crippen LogP contribution in [0.25, 0.3) is 0 Å². The zero-order chi connectivity index (χ0) is 13.0. The fourth-order valence-electron chi connectivity index (χ4n) is 1.93. The average Bonchev–Trinajstić information content (AvgIpc) is 2.52. The first-order chi connectivity index (χ1) is 8.02. The summed E-state index contributed by atoms with van der Waals surface area (Å²) in [5.41, 5.74) is 2.50. The molecule has 96 valence electrons. The number of hydrogen-bond donors (Lipinski definition) is 0. The molecule has 4 nitrogen and oxygen atoms in total. The minimum atomic E-state index is 0.0920. The van der Waals surface area contributed by atoms with E-state index in [9.17, 15) is 4.79 Å². The molecule has 0 saturated heterocycles. The Kier molecular flexibility index (Phi) is 5.18. The average molecular weight is 302 g/mol. The Bertz CT molecular complexity index is 395. The lowest BCUT2D eigenvalue weighted by molar-refractivity contribution is 0.0765. The summed E-state index contributed by atoms with van der Waals surface area (Å²) >= 11 is 3.39. The summed E-state index contributed by atoms with van der Waals surface area (Å²) in [6, 6.07) is 0. The van der Waals surface area contributed by atoms with Gasteiger partial charge in [0.2, 0.25) is 0 Å². The summed E-state index contributed by atoms with van der Waals surface area (Å²) in [5, 5.41) is 5.09. The number of hydrogen-bond acceptors (Lipinski definition) is 2. The maximum atomic E-state index is 12.4. The number of halogens is 1. The number of carbonyl (C=O) groups is 1. The molecule has 0 spiro atoms. The Morgan fingerprint density at radius 2 is 2.06 bits per heavy atom. The minimum absolute atomic E-state index is 0.0920. The summed E-state index contributed by atoms with van der Waals surface area (Å²) in [4.78, 5) is 14.3. The highest BCUT2D eigenvalue weighted by molar-refractivity contribution is 9.09. The fraction of sp³-hybridized carbons (Fsp3) is 0.667. The first-order valence-corrected chi connectivity index (χ1v) is 7.00. The zero-order valence-corrected chi connectivity index (χ0v) is 12.5. The van der Waals surface area contributed by atoms with Gasteiger partial charge in [0, 0.05) is 31.2 Å². The van der Waals surface area contributed by atoms with Crippen LogP contribution in [0.15, 0.2) is 0 Å². The van der Waals surface area contributed by atoms with Crippen molar-refractivity contribution in [1.82, 2.24) is 14.7 Å². The first-order valence-electron chi connectivity index (χ1n) is 5.88. The van der Waals surface area contributed by atoms with E-state index in [0.29, 0.717) is 0 Å². The summed E-state index contributed by atoms with van der Waals surface area (Å²) in [6.45, 7) is 7.43. The van der Waals surface area contributed by atoms with E-state index in [1.165, 1.54) is 0 Å². The van der Waals surface area contributed by atoms with E-state index in [-0.39, 0.29) is 5.91 Å². The molecular formula is C12H20BrN3O. The quantitative estimate of drug-likeness (QED) is 0.783. The van der Waals surface area contributed by atoms with E-state index in [0.717, 1.165) is 41.8 Å². The summed E-state index contributed by atoms with van der Waals surface area (Å²) in [6.07, 6.45) is 0.969. The number of rotatable bonds is 5. The molecule has 0 aromatic carbocycles. The molecule has 1 aromatic rings. The van der Waals surface area contributed by atoms with Gasteiger partial charge in [-0.1, -0.05) is 22.9 Å². The van der Waals surface area contributed by atoms with Crippen molar-refractivity contribution in [1.29, 1.82) is 0 Å². The van der Waals surface area contributed by atoms with Crippen LogP contribution in [-0.2, 0) is 7.05 Å². The molecule has 0 fully saturated rings. The van der Waals surface area contributed by atoms with E-state index in [1.807, 2.05) is 25.8 Å². The van der Waals surface area contributed by atoms with Crippen molar-refractivity contribution in [3.63, 3.8) is 0 Å². The van der Waals surface area contributed by atoms with Gasteiger partial charge in [0.05, 0.1) is 11.3 Å². The number of alkyl halides is 1. The third-order valence-electron chi connectivity index (χ3n) is 2.86. The third kappa shape index (κ3) is 3.09. The Morgan fingerprint density at radius 1 is 1.41 bits per heavy atom. The molecule has 1 aromatic heterocycles. The number of aromatic nitrogens is 2. The molecular weight excluding hydrogens is 282 g/mol. The smallest absolute Gasteiger partial charge is 0.257 e. The van der Waals surface area contributed by atoms with Gasteiger partial charge in [0.15, 0.2) is 0 Å². The number of carbonyl (C=O) groups excluding carboxylic acids is 1. The monoisotopic (exact) mass is 301 g/mol. The molecule has 17 heavy (non-hydrogen) atoms. The first kappa shape index (κ1) is 14.2. The van der Waals surface area contributed by atoms with Gasteiger partial charge in [-0.3, -0.25) is 9.48 Å². The SMILES string of the molecule is CCCN(CCBr)C(=O)c1c(C)nn(C)c1C. The van der Waals surface area contributed by atoms with Crippen LogP contribution in [0.3, 0.4) is 0 Å². The second-order valence-electron chi connectivity index (χ2n) is 4.15. The topological polar surface area (TPSA) is 38.1 Å². The van der Waals surface area contributed by atoms with Crippen LogP contribution in [0.4, 0.5) is 0 Å². The van der Waals surface area contributed by atoms with Crippen molar-refractivity contribution in [2.45, 2.75) is 27.2 Å². The van der Waals surface area contributed by atoms with Crippen molar-refractivity contribution in [3.05, 3.63) is 17.0 Å². The molecule has 0 radical (unpaired) electrons.